The van der Waals surface area contributed by atoms with Crippen LogP contribution in [-0.2, 0) is 0 Å². The average molecular weight is 370 g/mol. The summed E-state index contributed by atoms with van der Waals surface area (Å²) in [4.78, 5) is 0. The first-order valence-electron chi connectivity index (χ1n) is 8.12. The van der Waals surface area contributed by atoms with E-state index in [1.54, 1.807) is 36.4 Å². The summed E-state index contributed by atoms with van der Waals surface area (Å²) < 4.78 is 10.0. The summed E-state index contributed by atoms with van der Waals surface area (Å²) in [6.45, 7) is 0. The first kappa shape index (κ1) is 19.9. The van der Waals surface area contributed by atoms with Gasteiger partial charge in [0.05, 0.1) is 20.3 Å². The van der Waals surface area contributed by atoms with Crippen molar-refractivity contribution in [3.8, 4) is 23.0 Å². The predicted molar refractivity (Wildman–Crippen MR) is 104 cm³/mol. The molecule has 27 heavy (non-hydrogen) atoms. The second kappa shape index (κ2) is 9.35. The van der Waals surface area contributed by atoms with Gasteiger partial charge in [-0.25, -0.2) is 0 Å². The Morgan fingerprint density at radius 2 is 1.41 bits per heavy atom. The molecular formula is C21H22O6. The van der Waals surface area contributed by atoms with Crippen LogP contribution in [0.5, 0.6) is 23.0 Å². The van der Waals surface area contributed by atoms with Gasteiger partial charge in [-0.15, -0.1) is 0 Å². The Morgan fingerprint density at radius 1 is 0.889 bits per heavy atom. The molecule has 2 rings (SSSR count). The molecule has 0 amide bonds. The molecule has 0 radical (unpaired) electrons. The third-order valence-corrected chi connectivity index (χ3v) is 3.68. The summed E-state index contributed by atoms with van der Waals surface area (Å²) in [6.07, 6.45) is 6.43. The van der Waals surface area contributed by atoms with Gasteiger partial charge in [0.15, 0.2) is 23.0 Å². The lowest BCUT2D eigenvalue weighted by atomic mass is 10.1. The highest BCUT2D eigenvalue weighted by Crippen LogP contribution is 2.27. The summed E-state index contributed by atoms with van der Waals surface area (Å²) in [6, 6.07) is 9.56. The average Bonchev–Trinajstić information content (AvgIpc) is 2.66. The maximum absolute atomic E-state index is 9.99. The fourth-order valence-electron chi connectivity index (χ4n) is 2.27. The van der Waals surface area contributed by atoms with E-state index < -0.39 is 6.10 Å². The van der Waals surface area contributed by atoms with E-state index in [0.29, 0.717) is 17.1 Å². The minimum Gasteiger partial charge on any atom is -0.508 e. The molecule has 2 aromatic rings. The van der Waals surface area contributed by atoms with Gasteiger partial charge >= 0.3 is 0 Å². The number of phenolic OH excluding ortho intramolecular Hbond substituents is 2. The molecule has 6 heteroatoms. The highest BCUT2D eigenvalue weighted by atomic mass is 16.5. The number of hydrogen-bond acceptors (Lipinski definition) is 6. The number of aromatic hydroxyl groups is 2. The molecule has 142 valence electrons. The monoisotopic (exact) mass is 370 g/mol. The minimum atomic E-state index is -1.01. The number of rotatable bonds is 7. The molecule has 0 aliphatic rings. The maximum Gasteiger partial charge on any atom is 0.161 e. The van der Waals surface area contributed by atoms with Crippen LogP contribution in [0.25, 0.3) is 12.2 Å². The number of ether oxygens (including phenoxy) is 2. The van der Waals surface area contributed by atoms with Gasteiger partial charge in [0.2, 0.25) is 0 Å². The molecule has 6 nitrogen and oxygen atoms in total. The van der Waals surface area contributed by atoms with Crippen LogP contribution in [0.4, 0.5) is 0 Å². The lowest BCUT2D eigenvalue weighted by Gasteiger charge is -2.04. The second-order valence-electron chi connectivity index (χ2n) is 5.64. The summed E-state index contributed by atoms with van der Waals surface area (Å²) in [5.41, 5.74) is 1.44. The fourth-order valence-corrected chi connectivity index (χ4v) is 2.27. The van der Waals surface area contributed by atoms with Crippen LogP contribution >= 0.6 is 0 Å². The first-order chi connectivity index (χ1) is 12.9. The summed E-state index contributed by atoms with van der Waals surface area (Å²) in [5.74, 6) is 0.595. The van der Waals surface area contributed by atoms with Gasteiger partial charge in [0, 0.05) is 0 Å². The Hall–Kier alpha value is -3.38. The summed E-state index contributed by atoms with van der Waals surface area (Å²) in [7, 11) is 2.90. The lowest BCUT2D eigenvalue weighted by molar-refractivity contribution is 0.266. The van der Waals surface area contributed by atoms with Crippen molar-refractivity contribution in [3.63, 3.8) is 0 Å². The van der Waals surface area contributed by atoms with Crippen LogP contribution in [-0.4, -0.2) is 40.7 Å². The Morgan fingerprint density at radius 3 is 1.93 bits per heavy atom. The van der Waals surface area contributed by atoms with Crippen LogP contribution in [0.3, 0.4) is 0 Å². The van der Waals surface area contributed by atoms with Crippen molar-refractivity contribution in [3.05, 3.63) is 71.5 Å². The third kappa shape index (κ3) is 5.83. The fraction of sp³-hybridized carbons (Fsp3) is 0.143. The van der Waals surface area contributed by atoms with Gasteiger partial charge in [0.25, 0.3) is 0 Å². The van der Waals surface area contributed by atoms with E-state index in [4.69, 9.17) is 9.47 Å². The molecule has 1 unspecified atom stereocenters. The number of aliphatic hydroxyl groups excluding tert-OH is 2. The van der Waals surface area contributed by atoms with Crippen LogP contribution in [0.1, 0.15) is 11.1 Å². The van der Waals surface area contributed by atoms with E-state index in [1.807, 2.05) is 0 Å². The van der Waals surface area contributed by atoms with Crippen LogP contribution in [0, 0.1) is 0 Å². The van der Waals surface area contributed by atoms with Crippen LogP contribution in [0.2, 0.25) is 0 Å². The van der Waals surface area contributed by atoms with E-state index in [0.717, 1.165) is 5.56 Å². The number of benzene rings is 2. The van der Waals surface area contributed by atoms with E-state index in [2.05, 4.69) is 0 Å². The van der Waals surface area contributed by atoms with Crippen LogP contribution in [0.15, 0.2) is 60.4 Å². The SMILES string of the molecule is COc1cc(/C=C/C(O)=C/C(O)/C=C/c2ccc(O)c(OC)c2)ccc1O. The smallest absolute Gasteiger partial charge is 0.161 e. The zero-order valence-corrected chi connectivity index (χ0v) is 15.0. The Labute approximate surface area is 157 Å². The van der Waals surface area contributed by atoms with Gasteiger partial charge in [-0.1, -0.05) is 30.4 Å². The third-order valence-electron chi connectivity index (χ3n) is 3.68. The Kier molecular flexibility index (Phi) is 6.91. The van der Waals surface area contributed by atoms with E-state index >= 15 is 0 Å². The Balaban J connectivity index is 2.04. The normalized spacial score (nSPS) is 13.2. The zero-order valence-electron chi connectivity index (χ0n) is 15.0. The number of methoxy groups -OCH3 is 2. The highest BCUT2D eigenvalue weighted by Gasteiger charge is 2.02. The molecule has 0 saturated carbocycles. The molecule has 0 bridgehead atoms. The summed E-state index contributed by atoms with van der Waals surface area (Å²) in [5, 5.41) is 39.0. The van der Waals surface area contributed by atoms with Crippen LogP contribution < -0.4 is 9.47 Å². The molecular weight excluding hydrogens is 348 g/mol. The van der Waals surface area contributed by atoms with Crippen molar-refractivity contribution in [1.82, 2.24) is 0 Å². The minimum absolute atomic E-state index is 0.0286. The highest BCUT2D eigenvalue weighted by molar-refractivity contribution is 5.58. The molecule has 0 spiro atoms. The van der Waals surface area contributed by atoms with Gasteiger partial charge < -0.3 is 29.9 Å². The molecule has 0 fully saturated rings. The molecule has 2 aromatic carbocycles. The first-order valence-corrected chi connectivity index (χ1v) is 8.12. The molecule has 0 aromatic heterocycles. The molecule has 4 N–H and O–H groups in total. The van der Waals surface area contributed by atoms with E-state index in [1.165, 1.54) is 44.6 Å². The van der Waals surface area contributed by atoms with Crippen molar-refractivity contribution in [1.29, 1.82) is 0 Å². The summed E-state index contributed by atoms with van der Waals surface area (Å²) >= 11 is 0. The van der Waals surface area contributed by atoms with Crippen molar-refractivity contribution in [2.24, 2.45) is 0 Å². The van der Waals surface area contributed by atoms with E-state index in [9.17, 15) is 20.4 Å². The van der Waals surface area contributed by atoms with E-state index in [-0.39, 0.29) is 17.3 Å². The molecule has 0 saturated heterocycles. The second-order valence-corrected chi connectivity index (χ2v) is 5.64. The van der Waals surface area contributed by atoms with Gasteiger partial charge in [0.1, 0.15) is 5.76 Å². The topological polar surface area (TPSA) is 99.4 Å². The van der Waals surface area contributed by atoms with Crippen molar-refractivity contribution < 1.29 is 29.9 Å². The zero-order chi connectivity index (χ0) is 19.8. The molecule has 0 aliphatic carbocycles. The molecule has 0 heterocycles. The van der Waals surface area contributed by atoms with Crippen molar-refractivity contribution in [2.45, 2.75) is 6.10 Å². The van der Waals surface area contributed by atoms with Gasteiger partial charge in [-0.05, 0) is 47.5 Å². The number of hydrogen-bond donors (Lipinski definition) is 4. The number of aliphatic hydroxyl groups is 2. The standard InChI is InChI=1S/C21H22O6/c1-26-20-11-14(5-9-18(20)24)3-7-16(22)13-17(23)8-4-15-6-10-19(25)21(12-15)27-2/h3-13,16,22-25H,1-2H3/b7-3+,8-4+,17-13-. The predicted octanol–water partition coefficient (Wildman–Crippen LogP) is 3.64. The van der Waals surface area contributed by atoms with Gasteiger partial charge in [-0.3, -0.25) is 0 Å². The largest absolute Gasteiger partial charge is 0.508 e. The molecule has 1 atom stereocenters. The Bertz CT molecular complexity index is 867. The quantitative estimate of drug-likeness (QED) is 0.439. The number of phenols is 2. The van der Waals surface area contributed by atoms with Crippen molar-refractivity contribution in [2.75, 3.05) is 14.2 Å². The lowest BCUT2D eigenvalue weighted by Crippen LogP contribution is -1.98. The van der Waals surface area contributed by atoms with Crippen molar-refractivity contribution >= 4 is 12.2 Å². The maximum atomic E-state index is 9.99. The molecule has 0 aliphatic heterocycles. The van der Waals surface area contributed by atoms with Gasteiger partial charge in [-0.2, -0.15) is 0 Å². The number of allylic oxidation sites excluding steroid dienone is 1.